The number of nitrogens with zero attached hydrogens (tertiary/aromatic N) is 5. The molecule has 8 heteroatoms. The van der Waals surface area contributed by atoms with Gasteiger partial charge in [0.25, 0.3) is 5.91 Å². The topological polar surface area (TPSA) is 53.7 Å². The number of aromatic nitrogens is 3. The molecule has 0 spiro atoms. The van der Waals surface area contributed by atoms with Crippen molar-refractivity contribution in [1.82, 2.24) is 19.5 Å². The molecule has 5 rings (SSSR count). The predicted molar refractivity (Wildman–Crippen MR) is 139 cm³/mol. The smallest absolute Gasteiger partial charge is 0.273 e. The number of aryl methyl sites for hydroxylation is 1. The number of hydrogen-bond acceptors (Lipinski definition) is 5. The first-order valence-corrected chi connectivity index (χ1v) is 13.1. The van der Waals surface area contributed by atoms with Crippen molar-refractivity contribution < 1.29 is 9.18 Å². The van der Waals surface area contributed by atoms with Crippen LogP contribution in [0, 0.1) is 5.82 Å². The highest BCUT2D eigenvalue weighted by molar-refractivity contribution is 7.10. The van der Waals surface area contributed by atoms with E-state index in [2.05, 4.69) is 47.2 Å². The maximum atomic E-state index is 15.1. The summed E-state index contributed by atoms with van der Waals surface area (Å²) in [4.78, 5) is 23.5. The van der Waals surface area contributed by atoms with Crippen molar-refractivity contribution in [2.75, 3.05) is 24.5 Å². The number of rotatable bonds is 6. The normalized spacial score (nSPS) is 15.5. The lowest BCUT2D eigenvalue weighted by Gasteiger charge is -2.33. The molecule has 1 aliphatic heterocycles. The average Bonchev–Trinajstić information content (AvgIpc) is 3.51. The quantitative estimate of drug-likeness (QED) is 0.344. The summed E-state index contributed by atoms with van der Waals surface area (Å²) in [5.74, 6) is -0.398. The van der Waals surface area contributed by atoms with E-state index in [0.29, 0.717) is 35.6 Å². The number of hydrogen-bond donors (Lipinski definition) is 0. The maximum Gasteiger partial charge on any atom is 0.273 e. The standard InChI is InChI=1S/C27H30FN5OS/c1-5-18-15-24(27(34)32-12-10-25-20(17(32)4)11-13-35-25)29-26-16-23(30-33(18)26)21-9-8-19(14-22(21)28)31(6-2)7-3/h8-9,11,13-17H,5-7,10,12H2,1-4H3. The summed E-state index contributed by atoms with van der Waals surface area (Å²) in [7, 11) is 0. The SMILES string of the molecule is CCc1cc(C(=O)N2CCc3sccc3C2C)nc2cc(-c3ccc(N(CC)CC)cc3F)nn12. The summed E-state index contributed by atoms with van der Waals surface area (Å²) in [6, 6.07) is 11.0. The molecule has 1 atom stereocenters. The monoisotopic (exact) mass is 491 g/mol. The van der Waals surface area contributed by atoms with E-state index < -0.39 is 0 Å². The molecule has 4 aromatic rings. The van der Waals surface area contributed by atoms with Crippen molar-refractivity contribution in [3.63, 3.8) is 0 Å². The molecular weight excluding hydrogens is 461 g/mol. The van der Waals surface area contributed by atoms with Gasteiger partial charge in [-0.15, -0.1) is 11.3 Å². The van der Waals surface area contributed by atoms with Gasteiger partial charge in [0.2, 0.25) is 0 Å². The van der Waals surface area contributed by atoms with Crippen LogP contribution in [0.1, 0.15) is 60.4 Å². The molecule has 182 valence electrons. The molecule has 0 bridgehead atoms. The van der Waals surface area contributed by atoms with Gasteiger partial charge in [-0.1, -0.05) is 6.92 Å². The second kappa shape index (κ2) is 9.41. The van der Waals surface area contributed by atoms with Gasteiger partial charge in [-0.3, -0.25) is 4.79 Å². The highest BCUT2D eigenvalue weighted by Crippen LogP contribution is 2.34. The van der Waals surface area contributed by atoms with Crippen LogP contribution < -0.4 is 4.90 Å². The Hall–Kier alpha value is -3.26. The van der Waals surface area contributed by atoms with Crippen molar-refractivity contribution >= 4 is 28.6 Å². The number of carbonyl (C=O) groups excluding carboxylic acids is 1. The Balaban J connectivity index is 1.50. The molecule has 3 aromatic heterocycles. The second-order valence-electron chi connectivity index (χ2n) is 8.85. The molecule has 1 amide bonds. The first-order chi connectivity index (χ1) is 16.9. The molecule has 1 aliphatic rings. The largest absolute Gasteiger partial charge is 0.372 e. The number of anilines is 1. The fraction of sp³-hybridized carbons (Fsp3) is 0.370. The minimum absolute atomic E-state index is 0.0134. The van der Waals surface area contributed by atoms with E-state index in [-0.39, 0.29) is 17.8 Å². The highest BCUT2D eigenvalue weighted by atomic mass is 32.1. The van der Waals surface area contributed by atoms with Crippen LogP contribution in [0.25, 0.3) is 16.9 Å². The third-order valence-electron chi connectivity index (χ3n) is 6.98. The summed E-state index contributed by atoms with van der Waals surface area (Å²) < 4.78 is 16.8. The van der Waals surface area contributed by atoms with Crippen LogP contribution in [0.15, 0.2) is 41.8 Å². The molecule has 0 radical (unpaired) electrons. The molecule has 0 N–H and O–H groups in total. The van der Waals surface area contributed by atoms with Crippen LogP contribution in [0.3, 0.4) is 0 Å². The van der Waals surface area contributed by atoms with Crippen molar-refractivity contribution in [2.24, 2.45) is 0 Å². The molecule has 35 heavy (non-hydrogen) atoms. The van der Waals surface area contributed by atoms with E-state index in [0.717, 1.165) is 30.9 Å². The first-order valence-electron chi connectivity index (χ1n) is 12.3. The lowest BCUT2D eigenvalue weighted by atomic mass is 10.0. The van der Waals surface area contributed by atoms with Gasteiger partial charge in [0.05, 0.1) is 11.7 Å². The minimum atomic E-state index is -0.319. The Labute approximate surface area is 209 Å². The molecule has 0 fully saturated rings. The van der Waals surface area contributed by atoms with E-state index in [1.165, 1.54) is 10.4 Å². The summed E-state index contributed by atoms with van der Waals surface area (Å²) >= 11 is 1.75. The maximum absolute atomic E-state index is 15.1. The van der Waals surface area contributed by atoms with E-state index in [1.54, 1.807) is 34.1 Å². The second-order valence-corrected chi connectivity index (χ2v) is 9.85. The van der Waals surface area contributed by atoms with E-state index in [4.69, 9.17) is 0 Å². The zero-order chi connectivity index (χ0) is 24.7. The lowest BCUT2D eigenvalue weighted by Crippen LogP contribution is -2.38. The third-order valence-corrected chi connectivity index (χ3v) is 7.97. The molecule has 0 saturated heterocycles. The molecule has 1 unspecified atom stereocenters. The number of fused-ring (bicyclic) bond motifs is 2. The zero-order valence-electron chi connectivity index (χ0n) is 20.6. The Morgan fingerprint density at radius 2 is 1.97 bits per heavy atom. The van der Waals surface area contributed by atoms with Crippen LogP contribution in [-0.2, 0) is 12.8 Å². The summed E-state index contributed by atoms with van der Waals surface area (Å²) in [6.45, 7) is 10.5. The molecule has 0 saturated carbocycles. The van der Waals surface area contributed by atoms with Gasteiger partial charge < -0.3 is 9.80 Å². The zero-order valence-corrected chi connectivity index (χ0v) is 21.4. The highest BCUT2D eigenvalue weighted by Gasteiger charge is 2.30. The Kier molecular flexibility index (Phi) is 6.32. The van der Waals surface area contributed by atoms with Gasteiger partial charge in [-0.05, 0) is 74.9 Å². The number of carbonyl (C=O) groups is 1. The number of thiophene rings is 1. The van der Waals surface area contributed by atoms with Gasteiger partial charge in [-0.25, -0.2) is 13.9 Å². The molecule has 6 nitrogen and oxygen atoms in total. The van der Waals surface area contributed by atoms with Crippen LogP contribution in [0.4, 0.5) is 10.1 Å². The third kappa shape index (κ3) is 4.10. The van der Waals surface area contributed by atoms with Crippen LogP contribution in [0.2, 0.25) is 0 Å². The van der Waals surface area contributed by atoms with E-state index in [9.17, 15) is 4.79 Å². The number of halogens is 1. The van der Waals surface area contributed by atoms with E-state index >= 15 is 4.39 Å². The number of benzene rings is 1. The van der Waals surface area contributed by atoms with Crippen molar-refractivity contribution in [3.8, 4) is 11.3 Å². The van der Waals surface area contributed by atoms with Gasteiger partial charge in [-0.2, -0.15) is 5.10 Å². The van der Waals surface area contributed by atoms with Crippen LogP contribution >= 0.6 is 11.3 Å². The molecule has 4 heterocycles. The van der Waals surface area contributed by atoms with Crippen LogP contribution in [0.5, 0.6) is 0 Å². The average molecular weight is 492 g/mol. The van der Waals surface area contributed by atoms with Gasteiger partial charge >= 0.3 is 0 Å². The Morgan fingerprint density at radius 3 is 2.69 bits per heavy atom. The van der Waals surface area contributed by atoms with Gasteiger partial charge in [0.1, 0.15) is 11.5 Å². The summed E-state index contributed by atoms with van der Waals surface area (Å²) in [5.41, 5.74) is 4.84. The first kappa shape index (κ1) is 23.5. The fourth-order valence-corrected chi connectivity index (χ4v) is 5.92. The van der Waals surface area contributed by atoms with Gasteiger partial charge in [0.15, 0.2) is 5.65 Å². The summed E-state index contributed by atoms with van der Waals surface area (Å²) in [6.07, 6.45) is 1.54. The predicted octanol–water partition coefficient (Wildman–Crippen LogP) is 5.77. The van der Waals surface area contributed by atoms with Crippen LogP contribution in [-0.4, -0.2) is 45.0 Å². The van der Waals surface area contributed by atoms with Gasteiger partial charge in [0, 0.05) is 47.5 Å². The minimum Gasteiger partial charge on any atom is -0.372 e. The molecule has 0 aliphatic carbocycles. The van der Waals surface area contributed by atoms with E-state index in [1.807, 2.05) is 24.0 Å². The molecular formula is C27H30FN5OS. The summed E-state index contributed by atoms with van der Waals surface area (Å²) in [5, 5.41) is 6.75. The molecule has 1 aromatic carbocycles. The lowest BCUT2D eigenvalue weighted by molar-refractivity contribution is 0.0673. The van der Waals surface area contributed by atoms with Crippen molar-refractivity contribution in [3.05, 3.63) is 69.4 Å². The fourth-order valence-electron chi connectivity index (χ4n) is 4.96. The number of amides is 1. The Morgan fingerprint density at radius 1 is 1.17 bits per heavy atom. The Bertz CT molecular complexity index is 1390. The van der Waals surface area contributed by atoms with Crippen molar-refractivity contribution in [1.29, 1.82) is 0 Å². The van der Waals surface area contributed by atoms with Crippen molar-refractivity contribution in [2.45, 2.75) is 46.6 Å².